The Hall–Kier alpha value is -1.01. The van der Waals surface area contributed by atoms with Gasteiger partial charge in [-0.25, -0.2) is 17.2 Å². The molecule has 1 aromatic rings. The summed E-state index contributed by atoms with van der Waals surface area (Å²) in [5, 5.41) is 1.94. The topological polar surface area (TPSA) is 46.2 Å². The van der Waals surface area contributed by atoms with Crippen LogP contribution in [0, 0.1) is 11.6 Å². The summed E-state index contributed by atoms with van der Waals surface area (Å²) in [5.41, 5.74) is 0.145. The van der Waals surface area contributed by atoms with E-state index in [1.54, 1.807) is 0 Å². The van der Waals surface area contributed by atoms with Gasteiger partial charge in [0.25, 0.3) is 0 Å². The molecular formula is C11H15F2NO2S. The Labute approximate surface area is 99.8 Å². The predicted octanol–water partition coefficient (Wildman–Crippen LogP) is 1.66. The zero-order valence-electron chi connectivity index (χ0n) is 9.87. The summed E-state index contributed by atoms with van der Waals surface area (Å²) in [6.07, 6.45) is 1.09. The first-order valence-electron chi connectivity index (χ1n) is 5.08. The molecule has 1 rings (SSSR count). The number of rotatable bonds is 4. The fourth-order valence-corrected chi connectivity index (χ4v) is 2.42. The Kier molecular flexibility index (Phi) is 4.21. The lowest BCUT2D eigenvalue weighted by Crippen LogP contribution is -2.33. The molecule has 96 valence electrons. The molecule has 0 amide bonds. The van der Waals surface area contributed by atoms with Gasteiger partial charge in [-0.05, 0) is 20.0 Å². The number of nitrogens with one attached hydrogen (secondary N) is 1. The minimum atomic E-state index is -3.31. The molecule has 1 N–H and O–H groups in total. The third-order valence-corrected chi connectivity index (χ3v) is 4.38. The van der Waals surface area contributed by atoms with Crippen LogP contribution in [0.1, 0.15) is 18.5 Å². The Morgan fingerprint density at radius 3 is 2.29 bits per heavy atom. The van der Waals surface area contributed by atoms with Crippen LogP contribution in [0.4, 0.5) is 8.78 Å². The maximum Gasteiger partial charge on any atom is 0.151 e. The molecule has 0 aliphatic rings. The molecule has 17 heavy (non-hydrogen) atoms. The average Bonchev–Trinajstić information content (AvgIpc) is 2.20. The molecule has 2 unspecified atom stereocenters. The van der Waals surface area contributed by atoms with Crippen molar-refractivity contribution in [1.82, 2.24) is 5.32 Å². The van der Waals surface area contributed by atoms with Gasteiger partial charge in [0.05, 0.1) is 11.3 Å². The van der Waals surface area contributed by atoms with E-state index in [1.165, 1.54) is 20.0 Å². The van der Waals surface area contributed by atoms with E-state index >= 15 is 0 Å². The number of hydrogen-bond acceptors (Lipinski definition) is 3. The Morgan fingerprint density at radius 2 is 1.88 bits per heavy atom. The molecule has 0 saturated heterocycles. The average molecular weight is 263 g/mol. The van der Waals surface area contributed by atoms with Crippen molar-refractivity contribution in [2.45, 2.75) is 18.2 Å². The van der Waals surface area contributed by atoms with Crippen molar-refractivity contribution < 1.29 is 17.2 Å². The third-order valence-electron chi connectivity index (χ3n) is 2.75. The van der Waals surface area contributed by atoms with Crippen LogP contribution >= 0.6 is 0 Å². The van der Waals surface area contributed by atoms with Crippen LogP contribution in [-0.2, 0) is 9.84 Å². The van der Waals surface area contributed by atoms with Crippen molar-refractivity contribution in [3.05, 3.63) is 35.4 Å². The minimum absolute atomic E-state index is 0.145. The first kappa shape index (κ1) is 14.1. The highest BCUT2D eigenvalue weighted by Gasteiger charge is 2.28. The van der Waals surface area contributed by atoms with Gasteiger partial charge in [-0.1, -0.05) is 6.07 Å². The van der Waals surface area contributed by atoms with Crippen LogP contribution in [0.5, 0.6) is 0 Å². The normalized spacial score (nSPS) is 15.6. The van der Waals surface area contributed by atoms with E-state index in [9.17, 15) is 17.2 Å². The molecule has 0 radical (unpaired) electrons. The maximum atomic E-state index is 13.6. The van der Waals surface area contributed by atoms with E-state index in [-0.39, 0.29) is 5.56 Å². The summed E-state index contributed by atoms with van der Waals surface area (Å²) in [7, 11) is -1.78. The van der Waals surface area contributed by atoms with E-state index in [0.717, 1.165) is 18.4 Å². The molecule has 0 fully saturated rings. The van der Waals surface area contributed by atoms with Crippen molar-refractivity contribution in [1.29, 1.82) is 0 Å². The lowest BCUT2D eigenvalue weighted by atomic mass is 10.0. The van der Waals surface area contributed by atoms with Gasteiger partial charge >= 0.3 is 0 Å². The molecule has 2 atom stereocenters. The van der Waals surface area contributed by atoms with Crippen LogP contribution in [0.2, 0.25) is 0 Å². The van der Waals surface area contributed by atoms with E-state index < -0.39 is 32.8 Å². The lowest BCUT2D eigenvalue weighted by Gasteiger charge is -2.23. The van der Waals surface area contributed by atoms with Gasteiger partial charge in [-0.3, -0.25) is 0 Å². The zero-order chi connectivity index (χ0) is 13.2. The SMILES string of the molecule is CNC(c1ccc(F)cc1F)C(C)S(C)(=O)=O. The highest BCUT2D eigenvalue weighted by atomic mass is 32.2. The summed E-state index contributed by atoms with van der Waals surface area (Å²) in [5.74, 6) is -1.44. The van der Waals surface area contributed by atoms with Crippen molar-refractivity contribution >= 4 is 9.84 Å². The number of halogens is 2. The van der Waals surface area contributed by atoms with E-state index in [0.29, 0.717) is 0 Å². The second-order valence-electron chi connectivity index (χ2n) is 3.97. The molecular weight excluding hydrogens is 248 g/mol. The van der Waals surface area contributed by atoms with Gasteiger partial charge in [-0.15, -0.1) is 0 Å². The van der Waals surface area contributed by atoms with E-state index in [1.807, 2.05) is 0 Å². The molecule has 6 heteroatoms. The number of sulfone groups is 1. The van der Waals surface area contributed by atoms with Crippen LogP contribution < -0.4 is 5.32 Å². The summed E-state index contributed by atoms with van der Waals surface area (Å²) >= 11 is 0. The summed E-state index contributed by atoms with van der Waals surface area (Å²) in [6.45, 7) is 1.49. The summed E-state index contributed by atoms with van der Waals surface area (Å²) in [6, 6.07) is 2.41. The van der Waals surface area contributed by atoms with Crippen LogP contribution in [0.3, 0.4) is 0 Å². The Morgan fingerprint density at radius 1 is 1.29 bits per heavy atom. The van der Waals surface area contributed by atoms with Gasteiger partial charge in [0.15, 0.2) is 9.84 Å². The quantitative estimate of drug-likeness (QED) is 0.898. The van der Waals surface area contributed by atoms with E-state index in [2.05, 4.69) is 5.32 Å². The first-order valence-corrected chi connectivity index (χ1v) is 7.04. The first-order chi connectivity index (χ1) is 7.77. The number of hydrogen-bond donors (Lipinski definition) is 1. The van der Waals surface area contributed by atoms with Gasteiger partial charge in [0.2, 0.25) is 0 Å². The second kappa shape index (κ2) is 5.10. The second-order valence-corrected chi connectivity index (χ2v) is 6.37. The molecule has 0 aromatic heterocycles. The Balaban J connectivity index is 3.19. The fourth-order valence-electron chi connectivity index (χ4n) is 1.64. The molecule has 0 spiro atoms. The van der Waals surface area contributed by atoms with Crippen LogP contribution in [-0.4, -0.2) is 27.0 Å². The highest BCUT2D eigenvalue weighted by molar-refractivity contribution is 7.91. The molecule has 0 aliphatic heterocycles. The zero-order valence-corrected chi connectivity index (χ0v) is 10.7. The molecule has 0 heterocycles. The lowest BCUT2D eigenvalue weighted by molar-refractivity contribution is 0.502. The minimum Gasteiger partial charge on any atom is -0.312 e. The van der Waals surface area contributed by atoms with Gasteiger partial charge < -0.3 is 5.32 Å². The Bertz CT molecular complexity index is 502. The van der Waals surface area contributed by atoms with Crippen molar-refractivity contribution in [3.63, 3.8) is 0 Å². The molecule has 3 nitrogen and oxygen atoms in total. The molecule has 1 aromatic carbocycles. The van der Waals surface area contributed by atoms with E-state index in [4.69, 9.17) is 0 Å². The summed E-state index contributed by atoms with van der Waals surface area (Å²) in [4.78, 5) is 0. The largest absolute Gasteiger partial charge is 0.312 e. The standard InChI is InChI=1S/C11H15F2NO2S/c1-7(17(3,15)16)11(14-2)9-5-4-8(12)6-10(9)13/h4-7,11,14H,1-3H3. The van der Waals surface area contributed by atoms with Crippen molar-refractivity contribution in [2.75, 3.05) is 13.3 Å². The van der Waals surface area contributed by atoms with Gasteiger partial charge in [0.1, 0.15) is 11.6 Å². The monoisotopic (exact) mass is 263 g/mol. The highest BCUT2D eigenvalue weighted by Crippen LogP contribution is 2.24. The predicted molar refractivity (Wildman–Crippen MR) is 62.5 cm³/mol. The van der Waals surface area contributed by atoms with Crippen molar-refractivity contribution in [2.24, 2.45) is 0 Å². The third kappa shape index (κ3) is 3.23. The van der Waals surface area contributed by atoms with Gasteiger partial charge in [-0.2, -0.15) is 0 Å². The summed E-state index contributed by atoms with van der Waals surface area (Å²) < 4.78 is 49.2. The molecule has 0 bridgehead atoms. The smallest absolute Gasteiger partial charge is 0.151 e. The van der Waals surface area contributed by atoms with Gasteiger partial charge in [0, 0.05) is 17.9 Å². The molecule has 0 aliphatic carbocycles. The number of benzene rings is 1. The van der Waals surface area contributed by atoms with Crippen LogP contribution in [0.25, 0.3) is 0 Å². The molecule has 0 saturated carbocycles. The maximum absolute atomic E-state index is 13.6. The fraction of sp³-hybridized carbons (Fsp3) is 0.455. The van der Waals surface area contributed by atoms with Crippen molar-refractivity contribution in [3.8, 4) is 0 Å². The van der Waals surface area contributed by atoms with Crippen LogP contribution in [0.15, 0.2) is 18.2 Å².